The number of nitrogens with one attached hydrogen (secondary N) is 1. The largest absolute Gasteiger partial charge is 0.389 e. The highest BCUT2D eigenvalue weighted by molar-refractivity contribution is 7.80. The number of pyridine rings is 1. The van der Waals surface area contributed by atoms with Crippen LogP contribution in [0.3, 0.4) is 0 Å². The van der Waals surface area contributed by atoms with Crippen LogP contribution >= 0.6 is 12.2 Å². The predicted octanol–water partition coefficient (Wildman–Crippen LogP) is 2.03. The molecular weight excluding hydrogens is 246 g/mol. The molecule has 0 aliphatic rings. The molecule has 1 heterocycles. The second-order valence-electron chi connectivity index (χ2n) is 4.58. The number of aromatic nitrogens is 1. The molecule has 0 aliphatic carbocycles. The summed E-state index contributed by atoms with van der Waals surface area (Å²) in [7, 11) is 1.71. The number of aryl methyl sites for hydroxylation is 2. The first kappa shape index (κ1) is 14.9. The third-order valence-electron chi connectivity index (χ3n) is 2.67. The van der Waals surface area contributed by atoms with E-state index >= 15 is 0 Å². The van der Waals surface area contributed by atoms with Gasteiger partial charge in [-0.1, -0.05) is 19.1 Å². The van der Waals surface area contributed by atoms with Crippen molar-refractivity contribution in [2.45, 2.75) is 20.8 Å². The molecule has 0 aliphatic heterocycles. The fourth-order valence-corrected chi connectivity index (χ4v) is 2.16. The van der Waals surface area contributed by atoms with E-state index in [4.69, 9.17) is 22.7 Å². The maximum atomic E-state index is 5.76. The van der Waals surface area contributed by atoms with Crippen molar-refractivity contribution < 1.29 is 4.74 Å². The monoisotopic (exact) mass is 267 g/mol. The molecule has 18 heavy (non-hydrogen) atoms. The van der Waals surface area contributed by atoms with Crippen molar-refractivity contribution in [1.29, 1.82) is 0 Å². The topological polar surface area (TPSA) is 60.2 Å². The van der Waals surface area contributed by atoms with Crippen molar-refractivity contribution in [2.75, 3.05) is 25.6 Å². The molecule has 0 radical (unpaired) electrons. The number of thiocarbonyl (C=S) groups is 1. The minimum absolute atomic E-state index is 0.377. The van der Waals surface area contributed by atoms with E-state index in [9.17, 15) is 0 Å². The van der Waals surface area contributed by atoms with Gasteiger partial charge in [0.1, 0.15) is 4.99 Å². The Morgan fingerprint density at radius 2 is 2.22 bits per heavy atom. The summed E-state index contributed by atoms with van der Waals surface area (Å²) >= 11 is 5.08. The average molecular weight is 267 g/mol. The van der Waals surface area contributed by atoms with E-state index in [1.54, 1.807) is 7.11 Å². The summed E-state index contributed by atoms with van der Waals surface area (Å²) in [5, 5.41) is 3.37. The molecule has 0 aromatic carbocycles. The van der Waals surface area contributed by atoms with Gasteiger partial charge in [-0.15, -0.1) is 0 Å². The van der Waals surface area contributed by atoms with E-state index in [-0.39, 0.29) is 0 Å². The Kier molecular flexibility index (Phi) is 5.50. The standard InChI is InChI=1S/C13H21N3OS/c1-8(7-17-4)6-15-11-5-9(2)16-10(3)12(11)13(14)18/h5,8H,6-7H2,1-4H3,(H2,14,18)(H,15,16). The molecule has 0 saturated heterocycles. The molecule has 3 N–H and O–H groups in total. The van der Waals surface area contributed by atoms with Gasteiger partial charge in [-0.25, -0.2) is 0 Å². The number of anilines is 1. The van der Waals surface area contributed by atoms with Crippen LogP contribution in [0, 0.1) is 19.8 Å². The number of nitrogens with zero attached hydrogens (tertiary/aromatic N) is 1. The average Bonchev–Trinajstić information content (AvgIpc) is 2.25. The smallest absolute Gasteiger partial charge is 0.107 e. The number of hydrogen-bond acceptors (Lipinski definition) is 4. The van der Waals surface area contributed by atoms with Gasteiger partial charge in [0.05, 0.1) is 12.2 Å². The Morgan fingerprint density at radius 1 is 1.56 bits per heavy atom. The second-order valence-corrected chi connectivity index (χ2v) is 5.02. The Hall–Kier alpha value is -1.20. The molecule has 4 nitrogen and oxygen atoms in total. The van der Waals surface area contributed by atoms with Crippen LogP contribution in [0.25, 0.3) is 0 Å². The van der Waals surface area contributed by atoms with Crippen LogP contribution in [0.15, 0.2) is 6.07 Å². The van der Waals surface area contributed by atoms with Gasteiger partial charge in [-0.2, -0.15) is 0 Å². The van der Waals surface area contributed by atoms with E-state index in [0.29, 0.717) is 10.9 Å². The molecule has 1 aromatic heterocycles. The Morgan fingerprint density at radius 3 is 2.78 bits per heavy atom. The number of ether oxygens (including phenoxy) is 1. The van der Waals surface area contributed by atoms with Gasteiger partial charge < -0.3 is 15.8 Å². The first-order valence-corrected chi connectivity index (χ1v) is 6.37. The van der Waals surface area contributed by atoms with Gasteiger partial charge in [-0.05, 0) is 25.8 Å². The fraction of sp³-hybridized carbons (Fsp3) is 0.538. The zero-order chi connectivity index (χ0) is 13.7. The van der Waals surface area contributed by atoms with Gasteiger partial charge >= 0.3 is 0 Å². The van der Waals surface area contributed by atoms with Crippen LogP contribution in [0.5, 0.6) is 0 Å². The van der Waals surface area contributed by atoms with Crippen molar-refractivity contribution in [3.05, 3.63) is 23.0 Å². The van der Waals surface area contributed by atoms with E-state index in [2.05, 4.69) is 17.2 Å². The molecule has 1 rings (SSSR count). The molecule has 0 saturated carbocycles. The Labute approximate surface area is 114 Å². The van der Waals surface area contributed by atoms with Crippen LogP contribution in [0.4, 0.5) is 5.69 Å². The van der Waals surface area contributed by atoms with Crippen molar-refractivity contribution in [3.8, 4) is 0 Å². The zero-order valence-electron chi connectivity index (χ0n) is 11.4. The molecule has 0 fully saturated rings. The highest BCUT2D eigenvalue weighted by Gasteiger charge is 2.11. The van der Waals surface area contributed by atoms with Gasteiger partial charge in [0.2, 0.25) is 0 Å². The quantitative estimate of drug-likeness (QED) is 0.772. The highest BCUT2D eigenvalue weighted by atomic mass is 32.1. The SMILES string of the molecule is COCC(C)CNc1cc(C)nc(C)c1C(N)=S. The third kappa shape index (κ3) is 3.92. The van der Waals surface area contributed by atoms with Crippen LogP contribution in [-0.4, -0.2) is 30.2 Å². The van der Waals surface area contributed by atoms with Gasteiger partial charge in [-0.3, -0.25) is 4.98 Å². The molecule has 5 heteroatoms. The number of hydrogen-bond donors (Lipinski definition) is 2. The highest BCUT2D eigenvalue weighted by Crippen LogP contribution is 2.20. The lowest BCUT2D eigenvalue weighted by Gasteiger charge is -2.17. The minimum atomic E-state index is 0.377. The molecule has 100 valence electrons. The summed E-state index contributed by atoms with van der Waals surface area (Å²) < 4.78 is 5.11. The number of nitrogens with two attached hydrogens (primary N) is 1. The number of methoxy groups -OCH3 is 1. The van der Waals surface area contributed by atoms with E-state index < -0.39 is 0 Å². The predicted molar refractivity (Wildman–Crippen MR) is 79.1 cm³/mol. The molecule has 0 bridgehead atoms. The van der Waals surface area contributed by atoms with E-state index in [0.717, 1.165) is 35.8 Å². The van der Waals surface area contributed by atoms with Crippen molar-refractivity contribution >= 4 is 22.9 Å². The molecule has 1 atom stereocenters. The van der Waals surface area contributed by atoms with Gasteiger partial charge in [0.15, 0.2) is 0 Å². The molecular formula is C13H21N3OS. The summed E-state index contributed by atoms with van der Waals surface area (Å²) in [5.74, 6) is 0.419. The van der Waals surface area contributed by atoms with Crippen LogP contribution < -0.4 is 11.1 Å². The third-order valence-corrected chi connectivity index (χ3v) is 2.87. The summed E-state index contributed by atoms with van der Waals surface area (Å²) in [5.41, 5.74) is 9.36. The first-order valence-electron chi connectivity index (χ1n) is 5.96. The minimum Gasteiger partial charge on any atom is -0.389 e. The molecule has 1 unspecified atom stereocenters. The van der Waals surface area contributed by atoms with Crippen LogP contribution in [0.2, 0.25) is 0 Å². The number of rotatable bonds is 6. The Bertz CT molecular complexity index is 434. The zero-order valence-corrected chi connectivity index (χ0v) is 12.2. The van der Waals surface area contributed by atoms with Crippen molar-refractivity contribution in [3.63, 3.8) is 0 Å². The normalized spacial score (nSPS) is 12.2. The molecule has 0 spiro atoms. The van der Waals surface area contributed by atoms with Gasteiger partial charge in [0.25, 0.3) is 0 Å². The van der Waals surface area contributed by atoms with E-state index in [1.165, 1.54) is 0 Å². The van der Waals surface area contributed by atoms with Crippen molar-refractivity contribution in [2.24, 2.45) is 11.7 Å². The molecule has 0 amide bonds. The van der Waals surface area contributed by atoms with Gasteiger partial charge in [0, 0.05) is 30.7 Å². The van der Waals surface area contributed by atoms with E-state index in [1.807, 2.05) is 19.9 Å². The lowest BCUT2D eigenvalue weighted by atomic mass is 10.1. The maximum Gasteiger partial charge on any atom is 0.107 e. The Balaban J connectivity index is 2.90. The summed E-state index contributed by atoms with van der Waals surface area (Å²) in [6.07, 6.45) is 0. The summed E-state index contributed by atoms with van der Waals surface area (Å²) in [6, 6.07) is 1.97. The van der Waals surface area contributed by atoms with Crippen LogP contribution in [-0.2, 0) is 4.74 Å². The van der Waals surface area contributed by atoms with Crippen molar-refractivity contribution in [1.82, 2.24) is 4.98 Å². The first-order chi connectivity index (χ1) is 8.45. The second kappa shape index (κ2) is 6.66. The molecule has 1 aromatic rings. The van der Waals surface area contributed by atoms with Crippen LogP contribution in [0.1, 0.15) is 23.9 Å². The lowest BCUT2D eigenvalue weighted by molar-refractivity contribution is 0.164. The maximum absolute atomic E-state index is 5.76. The fourth-order valence-electron chi connectivity index (χ4n) is 1.91. The lowest BCUT2D eigenvalue weighted by Crippen LogP contribution is -2.20. The summed E-state index contributed by atoms with van der Waals surface area (Å²) in [4.78, 5) is 4.76. The summed E-state index contributed by atoms with van der Waals surface area (Å²) in [6.45, 7) is 7.54.